The van der Waals surface area contributed by atoms with Crippen LogP contribution in [-0.4, -0.2) is 89.9 Å². The Morgan fingerprint density at radius 1 is 0.917 bits per heavy atom. The molecule has 9 heteroatoms. The SMILES string of the molecule is COC1OC(CO)C(OC2OC(CO)C(C)C(O)C2N)C(O)C1C. The van der Waals surface area contributed by atoms with E-state index in [0.717, 1.165) is 0 Å². The number of hydrogen-bond donors (Lipinski definition) is 5. The maximum absolute atomic E-state index is 10.5. The fourth-order valence-electron chi connectivity index (χ4n) is 3.24. The Morgan fingerprint density at radius 3 is 2.04 bits per heavy atom. The summed E-state index contributed by atoms with van der Waals surface area (Å²) in [5, 5.41) is 39.6. The summed E-state index contributed by atoms with van der Waals surface area (Å²) >= 11 is 0. The van der Waals surface area contributed by atoms with Crippen LogP contribution >= 0.6 is 0 Å². The molecule has 0 aliphatic carbocycles. The summed E-state index contributed by atoms with van der Waals surface area (Å²) in [5.74, 6) is -0.761. The maximum atomic E-state index is 10.5. The molecule has 2 saturated heterocycles. The number of hydrogen-bond acceptors (Lipinski definition) is 9. The van der Waals surface area contributed by atoms with Crippen molar-refractivity contribution in [1.82, 2.24) is 0 Å². The van der Waals surface area contributed by atoms with E-state index < -0.39 is 61.7 Å². The first-order valence-electron chi connectivity index (χ1n) is 8.18. The normalized spacial score (nSPS) is 50.0. The van der Waals surface area contributed by atoms with E-state index in [1.54, 1.807) is 13.8 Å². The molecule has 10 unspecified atom stereocenters. The third-order valence-electron chi connectivity index (χ3n) is 5.01. The molecule has 2 aliphatic rings. The summed E-state index contributed by atoms with van der Waals surface area (Å²) in [6.07, 6.45) is -6.01. The molecule has 2 aliphatic heterocycles. The summed E-state index contributed by atoms with van der Waals surface area (Å²) in [5.41, 5.74) is 5.98. The molecule has 24 heavy (non-hydrogen) atoms. The molecule has 0 radical (unpaired) electrons. The van der Waals surface area contributed by atoms with Crippen LogP contribution in [0.15, 0.2) is 0 Å². The molecule has 0 aromatic heterocycles. The first kappa shape index (κ1) is 20.0. The lowest BCUT2D eigenvalue weighted by atomic mass is 9.89. The molecule has 2 heterocycles. The van der Waals surface area contributed by atoms with E-state index in [4.69, 9.17) is 24.7 Å². The van der Waals surface area contributed by atoms with Crippen LogP contribution in [0.5, 0.6) is 0 Å². The van der Waals surface area contributed by atoms with Gasteiger partial charge in [0.15, 0.2) is 12.6 Å². The van der Waals surface area contributed by atoms with Crippen LogP contribution in [0.1, 0.15) is 13.8 Å². The van der Waals surface area contributed by atoms with Crippen molar-refractivity contribution in [3.05, 3.63) is 0 Å². The van der Waals surface area contributed by atoms with Crippen molar-refractivity contribution in [3.63, 3.8) is 0 Å². The Hall–Kier alpha value is -0.360. The second-order valence-electron chi connectivity index (χ2n) is 6.56. The lowest BCUT2D eigenvalue weighted by Crippen LogP contribution is -2.63. The number of aliphatic hydroxyl groups excluding tert-OH is 4. The number of nitrogens with two attached hydrogens (primary N) is 1. The molecule has 142 valence electrons. The molecule has 0 aromatic rings. The molecule has 0 spiro atoms. The highest BCUT2D eigenvalue weighted by Gasteiger charge is 2.48. The molecule has 0 bridgehead atoms. The van der Waals surface area contributed by atoms with Crippen LogP contribution in [0.25, 0.3) is 0 Å². The van der Waals surface area contributed by atoms with E-state index >= 15 is 0 Å². The standard InChI is InChI=1S/C15H29NO8/c1-6-8(4-17)22-15(10(16)11(6)19)24-13-9(5-18)23-14(21-3)7(2)12(13)20/h6-15,17-20H,4-5,16H2,1-3H3. The first-order valence-corrected chi connectivity index (χ1v) is 8.18. The Kier molecular flexibility index (Phi) is 6.94. The Morgan fingerprint density at radius 2 is 1.50 bits per heavy atom. The van der Waals surface area contributed by atoms with E-state index in [2.05, 4.69) is 0 Å². The molecule has 10 atom stereocenters. The van der Waals surface area contributed by atoms with Crippen LogP contribution < -0.4 is 5.73 Å². The third-order valence-corrected chi connectivity index (χ3v) is 5.01. The maximum Gasteiger partial charge on any atom is 0.176 e. The van der Waals surface area contributed by atoms with Crippen LogP contribution in [0.2, 0.25) is 0 Å². The summed E-state index contributed by atoms with van der Waals surface area (Å²) in [7, 11) is 1.45. The average molecular weight is 351 g/mol. The number of ether oxygens (including phenoxy) is 4. The van der Waals surface area contributed by atoms with Crippen LogP contribution in [-0.2, 0) is 18.9 Å². The van der Waals surface area contributed by atoms with Gasteiger partial charge in [0.05, 0.1) is 37.6 Å². The highest BCUT2D eigenvalue weighted by atomic mass is 16.7. The van der Waals surface area contributed by atoms with Gasteiger partial charge in [0.2, 0.25) is 0 Å². The average Bonchev–Trinajstić information content (AvgIpc) is 2.59. The lowest BCUT2D eigenvalue weighted by molar-refractivity contribution is -0.330. The van der Waals surface area contributed by atoms with Gasteiger partial charge in [-0.3, -0.25) is 0 Å². The molecule has 2 fully saturated rings. The van der Waals surface area contributed by atoms with Gasteiger partial charge < -0.3 is 45.1 Å². The summed E-state index contributed by atoms with van der Waals surface area (Å²) < 4.78 is 22.1. The second-order valence-corrected chi connectivity index (χ2v) is 6.56. The fourth-order valence-corrected chi connectivity index (χ4v) is 3.24. The molecule has 0 aromatic carbocycles. The van der Waals surface area contributed by atoms with Gasteiger partial charge in [0, 0.05) is 18.9 Å². The van der Waals surface area contributed by atoms with E-state index in [9.17, 15) is 20.4 Å². The van der Waals surface area contributed by atoms with E-state index in [1.165, 1.54) is 7.11 Å². The topological polar surface area (TPSA) is 144 Å². The van der Waals surface area contributed by atoms with Crippen molar-refractivity contribution in [2.24, 2.45) is 17.6 Å². The molecular formula is C15H29NO8. The highest BCUT2D eigenvalue weighted by Crippen LogP contribution is 2.32. The zero-order valence-electron chi connectivity index (χ0n) is 14.2. The smallest absolute Gasteiger partial charge is 0.176 e. The molecular weight excluding hydrogens is 322 g/mol. The first-order chi connectivity index (χ1) is 11.3. The molecule has 0 amide bonds. The van der Waals surface area contributed by atoms with Crippen molar-refractivity contribution < 1.29 is 39.4 Å². The summed E-state index contributed by atoms with van der Waals surface area (Å²) in [4.78, 5) is 0. The van der Waals surface area contributed by atoms with Gasteiger partial charge in [0.25, 0.3) is 0 Å². The zero-order valence-corrected chi connectivity index (χ0v) is 14.2. The Labute approximate surface area is 141 Å². The quantitative estimate of drug-likeness (QED) is 0.372. The number of aliphatic hydroxyl groups is 4. The van der Waals surface area contributed by atoms with Crippen molar-refractivity contribution in [3.8, 4) is 0 Å². The van der Waals surface area contributed by atoms with Crippen LogP contribution in [0.3, 0.4) is 0 Å². The largest absolute Gasteiger partial charge is 0.394 e. The minimum Gasteiger partial charge on any atom is -0.394 e. The molecule has 6 N–H and O–H groups in total. The molecule has 9 nitrogen and oxygen atoms in total. The zero-order chi connectivity index (χ0) is 18.0. The van der Waals surface area contributed by atoms with Gasteiger partial charge in [-0.25, -0.2) is 0 Å². The molecule has 0 saturated carbocycles. The molecule has 2 rings (SSSR count). The van der Waals surface area contributed by atoms with Crippen molar-refractivity contribution in [2.75, 3.05) is 20.3 Å². The minimum absolute atomic E-state index is 0.292. The summed E-state index contributed by atoms with van der Waals surface area (Å²) in [6, 6.07) is -0.857. The van der Waals surface area contributed by atoms with Crippen LogP contribution in [0, 0.1) is 11.8 Å². The monoisotopic (exact) mass is 351 g/mol. The number of rotatable bonds is 5. The fraction of sp³-hybridized carbons (Fsp3) is 1.00. The van der Waals surface area contributed by atoms with E-state index in [1.807, 2.05) is 0 Å². The van der Waals surface area contributed by atoms with Gasteiger partial charge in [-0.1, -0.05) is 13.8 Å². The van der Waals surface area contributed by atoms with Crippen molar-refractivity contribution in [1.29, 1.82) is 0 Å². The summed E-state index contributed by atoms with van der Waals surface area (Å²) in [6.45, 7) is 2.78. The van der Waals surface area contributed by atoms with E-state index in [-0.39, 0.29) is 12.5 Å². The van der Waals surface area contributed by atoms with Gasteiger partial charge in [-0.2, -0.15) is 0 Å². The second kappa shape index (κ2) is 8.35. The van der Waals surface area contributed by atoms with Gasteiger partial charge in [-0.05, 0) is 0 Å². The van der Waals surface area contributed by atoms with Gasteiger partial charge in [-0.15, -0.1) is 0 Å². The predicted octanol–water partition coefficient (Wildman–Crippen LogP) is -2.23. The minimum atomic E-state index is -1.04. The Balaban J connectivity index is 2.12. The third kappa shape index (κ3) is 3.74. The van der Waals surface area contributed by atoms with Gasteiger partial charge >= 0.3 is 0 Å². The van der Waals surface area contributed by atoms with Crippen molar-refractivity contribution >= 4 is 0 Å². The Bertz CT molecular complexity index is 396. The lowest BCUT2D eigenvalue weighted by Gasteiger charge is -2.47. The number of methoxy groups -OCH3 is 1. The van der Waals surface area contributed by atoms with Crippen LogP contribution in [0.4, 0.5) is 0 Å². The van der Waals surface area contributed by atoms with Gasteiger partial charge in [0.1, 0.15) is 12.2 Å². The predicted molar refractivity (Wildman–Crippen MR) is 81.7 cm³/mol. The highest BCUT2D eigenvalue weighted by molar-refractivity contribution is 4.93. The van der Waals surface area contributed by atoms with Crippen molar-refractivity contribution in [2.45, 2.75) is 63.0 Å². The van der Waals surface area contributed by atoms with E-state index in [0.29, 0.717) is 0 Å².